The van der Waals surface area contributed by atoms with Gasteiger partial charge in [0, 0.05) is 5.41 Å². The number of aliphatic imine (C=N–C) groups is 1. The minimum absolute atomic E-state index is 0. The van der Waals surface area contributed by atoms with Crippen LogP contribution in [0.25, 0.3) is 0 Å². The molecule has 0 bridgehead atoms. The Morgan fingerprint density at radius 1 is 1.17 bits per heavy atom. The van der Waals surface area contributed by atoms with Gasteiger partial charge in [0.25, 0.3) is 0 Å². The Morgan fingerprint density at radius 3 is 2.46 bits per heavy atom. The summed E-state index contributed by atoms with van der Waals surface area (Å²) < 4.78 is 15.2. The van der Waals surface area contributed by atoms with Gasteiger partial charge in [0.2, 0.25) is 0 Å². The fourth-order valence-corrected chi connectivity index (χ4v) is 3.06. The summed E-state index contributed by atoms with van der Waals surface area (Å²) in [4.78, 5) is 37.6. The molecule has 24 heavy (non-hydrogen) atoms. The molecule has 0 unspecified atom stereocenters. The van der Waals surface area contributed by atoms with Gasteiger partial charge in [-0.1, -0.05) is 13.8 Å². The summed E-state index contributed by atoms with van der Waals surface area (Å²) in [6, 6.07) is 4.45. The largest absolute Gasteiger partial charge is 1.00 e. The summed E-state index contributed by atoms with van der Waals surface area (Å²) in [7, 11) is -5.12. The van der Waals surface area contributed by atoms with Crippen LogP contribution >= 0.6 is 7.82 Å². The van der Waals surface area contributed by atoms with Gasteiger partial charge in [-0.3, -0.25) is 4.79 Å². The predicted octanol–water partition coefficient (Wildman–Crippen LogP) is -4.67. The summed E-state index contributed by atoms with van der Waals surface area (Å²) in [5.74, 6) is -0.182. The first-order chi connectivity index (χ1) is 10.2. The van der Waals surface area contributed by atoms with E-state index in [9.17, 15) is 19.1 Å². The van der Waals surface area contributed by atoms with Crippen molar-refractivity contribution in [2.45, 2.75) is 19.3 Å². The van der Waals surface area contributed by atoms with E-state index in [0.717, 1.165) is 5.57 Å². The second-order valence-corrected chi connectivity index (χ2v) is 6.71. The molecule has 1 heterocycles. The fourth-order valence-electron chi connectivity index (χ4n) is 2.69. The van der Waals surface area contributed by atoms with Crippen LogP contribution in [0.15, 0.2) is 47.0 Å². The summed E-state index contributed by atoms with van der Waals surface area (Å²) >= 11 is 0. The Kier molecular flexibility index (Phi) is 7.07. The molecular formula is C15H12NNa2O5P. The van der Waals surface area contributed by atoms with Gasteiger partial charge in [-0.05, 0) is 47.6 Å². The second-order valence-electron chi connectivity index (χ2n) is 5.63. The Morgan fingerprint density at radius 2 is 1.83 bits per heavy atom. The summed E-state index contributed by atoms with van der Waals surface area (Å²) in [6.45, 7) is 3.80. The molecular weight excluding hydrogens is 351 g/mol. The van der Waals surface area contributed by atoms with Crippen LogP contribution in [0.4, 0.5) is 5.69 Å². The quantitative estimate of drug-likeness (QED) is 0.299. The normalized spacial score (nSPS) is 17.4. The van der Waals surface area contributed by atoms with Crippen LogP contribution in [0, 0.1) is 0 Å². The number of carbonyl (C=O) groups excluding carboxylic acids is 1. The summed E-state index contributed by atoms with van der Waals surface area (Å²) in [5, 5.41) is 0. The van der Waals surface area contributed by atoms with Crippen LogP contribution in [0.3, 0.4) is 0 Å². The molecule has 0 N–H and O–H groups in total. The zero-order chi connectivity index (χ0) is 16.1. The van der Waals surface area contributed by atoms with Crippen molar-refractivity contribution in [1.82, 2.24) is 0 Å². The average molecular weight is 363 g/mol. The van der Waals surface area contributed by atoms with Crippen LogP contribution in [0.2, 0.25) is 0 Å². The van der Waals surface area contributed by atoms with Crippen molar-refractivity contribution >= 4 is 25.0 Å². The third kappa shape index (κ3) is 4.39. The molecule has 0 radical (unpaired) electrons. The Hall–Kier alpha value is -0.01000. The summed E-state index contributed by atoms with van der Waals surface area (Å²) in [5.41, 5.74) is 2.22. The zero-order valence-corrected chi connectivity index (χ0v) is 18.8. The maximum Gasteiger partial charge on any atom is 1.00 e. The minimum Gasteiger partial charge on any atom is -0.780 e. The van der Waals surface area contributed by atoms with Crippen LogP contribution < -0.4 is 73.4 Å². The van der Waals surface area contributed by atoms with E-state index in [1.807, 2.05) is 13.8 Å². The van der Waals surface area contributed by atoms with Gasteiger partial charge >= 0.3 is 59.1 Å². The van der Waals surface area contributed by atoms with Crippen molar-refractivity contribution in [3.63, 3.8) is 0 Å². The standard InChI is InChI=1S/C15H14NO5P.2Na/c1-15(2)11-7-9(17)3-5-13(11)16-14-6-4-10(8-12(14)15)21-22(18,19)20;;/h3-8H,1-2H3,(H2,18,19,20);;/q;2*+1/p-2. The molecule has 0 saturated heterocycles. The van der Waals surface area contributed by atoms with E-state index in [0.29, 0.717) is 17.0 Å². The molecule has 0 atom stereocenters. The van der Waals surface area contributed by atoms with Gasteiger partial charge in [0.15, 0.2) is 5.78 Å². The van der Waals surface area contributed by atoms with Crippen molar-refractivity contribution in [3.8, 4) is 5.75 Å². The Bertz CT molecular complexity index is 823. The second kappa shape index (κ2) is 7.70. The van der Waals surface area contributed by atoms with Crippen molar-refractivity contribution in [1.29, 1.82) is 0 Å². The molecule has 9 heteroatoms. The first-order valence-electron chi connectivity index (χ1n) is 6.56. The Balaban J connectivity index is 0.00000144. The van der Waals surface area contributed by atoms with E-state index in [1.54, 1.807) is 12.1 Å². The number of hydrogen-bond acceptors (Lipinski definition) is 6. The molecule has 0 aromatic heterocycles. The van der Waals surface area contributed by atoms with E-state index in [1.165, 1.54) is 24.3 Å². The van der Waals surface area contributed by atoms with E-state index in [4.69, 9.17) is 0 Å². The Labute approximate surface area is 183 Å². The van der Waals surface area contributed by atoms with Crippen molar-refractivity contribution in [3.05, 3.63) is 47.6 Å². The molecule has 2 aliphatic rings. The van der Waals surface area contributed by atoms with Crippen LogP contribution in [-0.4, -0.2) is 11.5 Å². The molecule has 1 aromatic rings. The monoisotopic (exact) mass is 363 g/mol. The molecule has 114 valence electrons. The van der Waals surface area contributed by atoms with Gasteiger partial charge in [-0.25, -0.2) is 4.99 Å². The van der Waals surface area contributed by atoms with E-state index in [-0.39, 0.29) is 70.6 Å². The molecule has 3 rings (SSSR count). The average Bonchev–Trinajstić information content (AvgIpc) is 2.39. The van der Waals surface area contributed by atoms with Gasteiger partial charge < -0.3 is 18.9 Å². The summed E-state index contributed by atoms with van der Waals surface area (Å²) in [6.07, 6.45) is 4.63. The number of rotatable bonds is 2. The van der Waals surface area contributed by atoms with Crippen LogP contribution in [0.5, 0.6) is 5.75 Å². The number of nitrogens with zero attached hydrogens (tertiary/aromatic N) is 1. The van der Waals surface area contributed by atoms with Crippen molar-refractivity contribution < 1.29 is 82.8 Å². The van der Waals surface area contributed by atoms with Gasteiger partial charge in [0.1, 0.15) is 13.6 Å². The first-order valence-corrected chi connectivity index (χ1v) is 8.02. The smallest absolute Gasteiger partial charge is 0.780 e. The van der Waals surface area contributed by atoms with Crippen molar-refractivity contribution in [2.24, 2.45) is 4.99 Å². The molecule has 6 nitrogen and oxygen atoms in total. The number of carbonyl (C=O) groups is 1. The molecule has 0 saturated carbocycles. The minimum atomic E-state index is -5.12. The molecule has 1 aliphatic carbocycles. The number of benzene rings is 1. The number of allylic oxidation sites excluding steroid dienone is 4. The molecule has 0 amide bonds. The predicted molar refractivity (Wildman–Crippen MR) is 77.0 cm³/mol. The number of phosphoric ester groups is 1. The molecule has 1 aromatic carbocycles. The third-order valence-electron chi connectivity index (χ3n) is 3.74. The SMILES string of the molecule is CC1(C)C2=CC(=O)C=CC2=Nc2ccc(OP(=O)([O-])[O-])cc21.[Na+].[Na+]. The van der Waals surface area contributed by atoms with E-state index >= 15 is 0 Å². The maximum atomic E-state index is 11.6. The van der Waals surface area contributed by atoms with Gasteiger partial charge in [0.05, 0.1) is 11.4 Å². The fraction of sp³-hybridized carbons (Fsp3) is 0.200. The first kappa shape index (κ1) is 22.0. The van der Waals surface area contributed by atoms with Crippen LogP contribution in [0.1, 0.15) is 19.4 Å². The topological polar surface area (TPSA) is 102 Å². The number of hydrogen-bond donors (Lipinski definition) is 0. The van der Waals surface area contributed by atoms with Crippen molar-refractivity contribution in [2.75, 3.05) is 0 Å². The van der Waals surface area contributed by atoms with E-state index < -0.39 is 13.2 Å². The molecule has 1 aliphatic heterocycles. The maximum absolute atomic E-state index is 11.6. The number of ketones is 1. The van der Waals surface area contributed by atoms with Gasteiger partial charge in [-0.2, -0.15) is 0 Å². The zero-order valence-electron chi connectivity index (χ0n) is 13.9. The molecule has 0 spiro atoms. The van der Waals surface area contributed by atoms with E-state index in [2.05, 4.69) is 9.52 Å². The van der Waals surface area contributed by atoms with Gasteiger partial charge in [-0.15, -0.1) is 0 Å². The third-order valence-corrected chi connectivity index (χ3v) is 4.18. The molecule has 0 fully saturated rings. The number of fused-ring (bicyclic) bond motifs is 2. The number of phosphoric acid groups is 1. The van der Waals surface area contributed by atoms with Crippen LogP contribution in [-0.2, 0) is 14.8 Å².